The van der Waals surface area contributed by atoms with Crippen LogP contribution in [0, 0.1) is 0 Å². The number of imidazole rings is 1. The Labute approximate surface area is 101 Å². The minimum absolute atomic E-state index is 0.687. The van der Waals surface area contributed by atoms with E-state index < -0.39 is 0 Å². The van der Waals surface area contributed by atoms with Gasteiger partial charge in [-0.25, -0.2) is 4.98 Å². The van der Waals surface area contributed by atoms with Gasteiger partial charge in [-0.2, -0.15) is 0 Å². The average molecular weight is 230 g/mol. The number of para-hydroxylation sites is 2. The van der Waals surface area contributed by atoms with Gasteiger partial charge >= 0.3 is 0 Å². The molecule has 0 spiro atoms. The van der Waals surface area contributed by atoms with E-state index in [1.54, 1.807) is 0 Å². The zero-order valence-electron chi connectivity index (χ0n) is 9.87. The van der Waals surface area contributed by atoms with E-state index in [0.29, 0.717) is 6.04 Å². The standard InChI is InChI=1S/C13H18N4/c1-2-6-12-11(5-1)16-13(17-12)15-9-7-10-4-3-8-14-10/h1-2,5-6,10,14H,3-4,7-9H2,(H2,15,16,17)/t10-/m1/s1. The molecular formula is C13H18N4. The molecule has 1 aromatic carbocycles. The summed E-state index contributed by atoms with van der Waals surface area (Å²) in [6.45, 7) is 2.15. The van der Waals surface area contributed by atoms with E-state index in [0.717, 1.165) is 29.9 Å². The number of benzene rings is 1. The Bertz CT molecular complexity index is 452. The Hall–Kier alpha value is -1.55. The minimum atomic E-state index is 0.687. The largest absolute Gasteiger partial charge is 0.356 e. The predicted molar refractivity (Wildman–Crippen MR) is 70.2 cm³/mol. The van der Waals surface area contributed by atoms with Crippen LogP contribution in [0.4, 0.5) is 5.95 Å². The Morgan fingerprint density at radius 2 is 2.29 bits per heavy atom. The molecule has 0 bridgehead atoms. The van der Waals surface area contributed by atoms with Crippen LogP contribution < -0.4 is 10.6 Å². The topological polar surface area (TPSA) is 52.7 Å². The first kappa shape index (κ1) is 10.6. The monoisotopic (exact) mass is 230 g/mol. The van der Waals surface area contributed by atoms with Gasteiger partial charge in [0.1, 0.15) is 0 Å². The van der Waals surface area contributed by atoms with Gasteiger partial charge in [0.2, 0.25) is 5.95 Å². The molecule has 1 fully saturated rings. The van der Waals surface area contributed by atoms with E-state index in [9.17, 15) is 0 Å². The molecule has 4 heteroatoms. The summed E-state index contributed by atoms with van der Waals surface area (Å²) in [5.41, 5.74) is 2.11. The van der Waals surface area contributed by atoms with Crippen LogP contribution in [0.5, 0.6) is 0 Å². The fourth-order valence-corrected chi connectivity index (χ4v) is 2.40. The molecule has 1 aromatic heterocycles. The Morgan fingerprint density at radius 3 is 3.12 bits per heavy atom. The molecule has 2 heterocycles. The van der Waals surface area contributed by atoms with Gasteiger partial charge in [0, 0.05) is 12.6 Å². The van der Waals surface area contributed by atoms with Crippen molar-refractivity contribution in [1.29, 1.82) is 0 Å². The number of nitrogens with zero attached hydrogens (tertiary/aromatic N) is 1. The molecule has 0 amide bonds. The Balaban J connectivity index is 1.57. The quantitative estimate of drug-likeness (QED) is 0.754. The van der Waals surface area contributed by atoms with Crippen LogP contribution in [0.15, 0.2) is 24.3 Å². The van der Waals surface area contributed by atoms with Crippen LogP contribution in [0.2, 0.25) is 0 Å². The smallest absolute Gasteiger partial charge is 0.201 e. The second kappa shape index (κ2) is 4.75. The minimum Gasteiger partial charge on any atom is -0.356 e. The van der Waals surface area contributed by atoms with E-state index in [4.69, 9.17) is 0 Å². The van der Waals surface area contributed by atoms with Gasteiger partial charge in [0.25, 0.3) is 0 Å². The number of hydrogen-bond donors (Lipinski definition) is 3. The molecule has 0 saturated carbocycles. The van der Waals surface area contributed by atoms with Gasteiger partial charge in [-0.1, -0.05) is 12.1 Å². The van der Waals surface area contributed by atoms with E-state index in [-0.39, 0.29) is 0 Å². The molecule has 17 heavy (non-hydrogen) atoms. The van der Waals surface area contributed by atoms with Crippen molar-refractivity contribution in [3.8, 4) is 0 Å². The summed E-state index contributed by atoms with van der Waals surface area (Å²) < 4.78 is 0. The third-order valence-corrected chi connectivity index (χ3v) is 3.34. The molecule has 1 aliphatic rings. The number of aromatic nitrogens is 2. The Kier molecular flexibility index (Phi) is 2.96. The van der Waals surface area contributed by atoms with Crippen molar-refractivity contribution >= 4 is 17.0 Å². The van der Waals surface area contributed by atoms with Crippen molar-refractivity contribution in [2.75, 3.05) is 18.4 Å². The summed E-state index contributed by atoms with van der Waals surface area (Å²) in [7, 11) is 0. The molecule has 3 rings (SSSR count). The zero-order chi connectivity index (χ0) is 11.5. The Morgan fingerprint density at radius 1 is 1.35 bits per heavy atom. The van der Waals surface area contributed by atoms with Crippen LogP contribution in [0.1, 0.15) is 19.3 Å². The number of fused-ring (bicyclic) bond motifs is 1. The summed E-state index contributed by atoms with van der Waals surface area (Å²) in [5.74, 6) is 0.879. The summed E-state index contributed by atoms with van der Waals surface area (Å²) in [6, 6.07) is 8.79. The second-order valence-corrected chi connectivity index (χ2v) is 4.61. The van der Waals surface area contributed by atoms with E-state index in [1.165, 1.54) is 19.4 Å². The maximum absolute atomic E-state index is 4.49. The highest BCUT2D eigenvalue weighted by Gasteiger charge is 2.13. The van der Waals surface area contributed by atoms with Crippen LogP contribution in [0.3, 0.4) is 0 Å². The third kappa shape index (κ3) is 2.42. The fourth-order valence-electron chi connectivity index (χ4n) is 2.40. The van der Waals surface area contributed by atoms with Crippen LogP contribution in [0.25, 0.3) is 11.0 Å². The van der Waals surface area contributed by atoms with Gasteiger partial charge < -0.3 is 15.6 Å². The van der Waals surface area contributed by atoms with Crippen molar-refractivity contribution in [2.45, 2.75) is 25.3 Å². The first-order valence-electron chi connectivity index (χ1n) is 6.34. The summed E-state index contributed by atoms with van der Waals surface area (Å²) in [6.07, 6.45) is 3.79. The van der Waals surface area contributed by atoms with Crippen molar-refractivity contribution < 1.29 is 0 Å². The maximum atomic E-state index is 4.49. The number of hydrogen-bond acceptors (Lipinski definition) is 3. The van der Waals surface area contributed by atoms with Crippen LogP contribution in [-0.4, -0.2) is 29.1 Å². The van der Waals surface area contributed by atoms with Crippen molar-refractivity contribution in [3.05, 3.63) is 24.3 Å². The lowest BCUT2D eigenvalue weighted by molar-refractivity contribution is 0.574. The molecule has 90 valence electrons. The molecule has 1 aliphatic heterocycles. The molecule has 3 N–H and O–H groups in total. The zero-order valence-corrected chi connectivity index (χ0v) is 9.87. The molecule has 1 saturated heterocycles. The van der Waals surface area contributed by atoms with Gasteiger partial charge in [-0.15, -0.1) is 0 Å². The third-order valence-electron chi connectivity index (χ3n) is 3.34. The lowest BCUT2D eigenvalue weighted by atomic mass is 10.2. The van der Waals surface area contributed by atoms with Gasteiger partial charge in [-0.3, -0.25) is 0 Å². The molecule has 1 atom stereocenters. The van der Waals surface area contributed by atoms with Crippen LogP contribution in [-0.2, 0) is 0 Å². The van der Waals surface area contributed by atoms with Gasteiger partial charge in [0.05, 0.1) is 11.0 Å². The van der Waals surface area contributed by atoms with Gasteiger partial charge in [0.15, 0.2) is 0 Å². The second-order valence-electron chi connectivity index (χ2n) is 4.61. The molecular weight excluding hydrogens is 212 g/mol. The summed E-state index contributed by atoms with van der Waals surface area (Å²) >= 11 is 0. The van der Waals surface area contributed by atoms with E-state index in [2.05, 4.69) is 20.6 Å². The number of rotatable bonds is 4. The first-order valence-corrected chi connectivity index (χ1v) is 6.34. The number of nitrogens with one attached hydrogen (secondary N) is 3. The SMILES string of the molecule is c1ccc2[nH]c(NCC[C@H]3CCCN3)nc2c1. The number of aromatic amines is 1. The first-order chi connectivity index (χ1) is 8.42. The van der Waals surface area contributed by atoms with Gasteiger partial charge in [-0.05, 0) is 37.9 Å². The average Bonchev–Trinajstić information content (AvgIpc) is 2.96. The number of anilines is 1. The maximum Gasteiger partial charge on any atom is 0.201 e. The lowest BCUT2D eigenvalue weighted by Gasteiger charge is -2.09. The molecule has 4 nitrogen and oxygen atoms in total. The highest BCUT2D eigenvalue weighted by Crippen LogP contribution is 2.14. The molecule has 0 aliphatic carbocycles. The molecule has 0 unspecified atom stereocenters. The normalized spacial score (nSPS) is 19.9. The van der Waals surface area contributed by atoms with Crippen LogP contribution >= 0.6 is 0 Å². The van der Waals surface area contributed by atoms with Crippen molar-refractivity contribution in [2.24, 2.45) is 0 Å². The number of H-pyrrole nitrogens is 1. The lowest BCUT2D eigenvalue weighted by Crippen LogP contribution is -2.24. The predicted octanol–water partition coefficient (Wildman–Crippen LogP) is 2.12. The van der Waals surface area contributed by atoms with Crippen molar-refractivity contribution in [3.63, 3.8) is 0 Å². The van der Waals surface area contributed by atoms with Crippen molar-refractivity contribution in [1.82, 2.24) is 15.3 Å². The highest BCUT2D eigenvalue weighted by atomic mass is 15.1. The summed E-state index contributed by atoms with van der Waals surface area (Å²) in [4.78, 5) is 7.77. The molecule has 0 radical (unpaired) electrons. The van der Waals surface area contributed by atoms with E-state index >= 15 is 0 Å². The molecule has 2 aromatic rings. The fraction of sp³-hybridized carbons (Fsp3) is 0.462. The highest BCUT2D eigenvalue weighted by molar-refractivity contribution is 5.77. The van der Waals surface area contributed by atoms with E-state index in [1.807, 2.05) is 24.3 Å². The summed E-state index contributed by atoms with van der Waals surface area (Å²) in [5, 5.41) is 6.85.